The summed E-state index contributed by atoms with van der Waals surface area (Å²) in [4.78, 5) is 28.8. The Hall–Kier alpha value is -1.10. The van der Waals surface area contributed by atoms with Crippen molar-refractivity contribution in [2.45, 2.75) is 45.1 Å². The van der Waals surface area contributed by atoms with E-state index in [1.54, 1.807) is 0 Å². The molecule has 5 nitrogen and oxygen atoms in total. The van der Waals surface area contributed by atoms with Crippen LogP contribution in [-0.4, -0.2) is 60.5 Å². The average Bonchev–Trinajstić information content (AvgIpc) is 2.89. The third kappa shape index (κ3) is 3.23. The lowest BCUT2D eigenvalue weighted by molar-refractivity contribution is -0.137. The molecule has 0 saturated carbocycles. The van der Waals surface area contributed by atoms with E-state index in [0.717, 1.165) is 45.6 Å². The molecule has 21 heavy (non-hydrogen) atoms. The van der Waals surface area contributed by atoms with Gasteiger partial charge in [0.1, 0.15) is 0 Å². The lowest BCUT2D eigenvalue weighted by Gasteiger charge is -2.33. The molecule has 3 saturated heterocycles. The molecule has 0 spiro atoms. The van der Waals surface area contributed by atoms with Crippen LogP contribution < -0.4 is 0 Å². The number of nitrogens with zero attached hydrogens (tertiary/aromatic N) is 2. The minimum Gasteiger partial charge on any atom is -0.381 e. The molecule has 0 aromatic carbocycles. The fourth-order valence-electron chi connectivity index (χ4n) is 3.89. The fraction of sp³-hybridized carbons (Fsp3) is 0.875. The van der Waals surface area contributed by atoms with Crippen LogP contribution in [0.2, 0.25) is 0 Å². The summed E-state index contributed by atoms with van der Waals surface area (Å²) < 4.78 is 5.36. The first kappa shape index (κ1) is 14.8. The van der Waals surface area contributed by atoms with Crippen LogP contribution >= 0.6 is 0 Å². The molecule has 0 bridgehead atoms. The Kier molecular flexibility index (Phi) is 4.48. The first-order chi connectivity index (χ1) is 10.1. The van der Waals surface area contributed by atoms with Crippen LogP contribution in [0, 0.1) is 11.8 Å². The minimum atomic E-state index is -0.120. The maximum absolute atomic E-state index is 12.6. The number of ether oxygens (including phenoxy) is 1. The Morgan fingerprint density at radius 3 is 2.67 bits per heavy atom. The third-order valence-corrected chi connectivity index (χ3v) is 5.11. The zero-order valence-electron chi connectivity index (χ0n) is 12.9. The van der Waals surface area contributed by atoms with Gasteiger partial charge in [-0.25, -0.2) is 0 Å². The smallest absolute Gasteiger partial charge is 0.228 e. The molecule has 2 atom stereocenters. The predicted molar refractivity (Wildman–Crippen MR) is 78.6 cm³/mol. The Labute approximate surface area is 126 Å². The summed E-state index contributed by atoms with van der Waals surface area (Å²) in [5.41, 5.74) is 0. The molecule has 3 heterocycles. The van der Waals surface area contributed by atoms with Crippen LogP contribution in [0.3, 0.4) is 0 Å². The standard InChI is InChI=1S/C16H26N2O3/c1-12-3-2-6-17(10-12)16(20)13-9-15(19)18(11-13)14-4-7-21-8-5-14/h12-14H,2-11H2,1H3. The van der Waals surface area contributed by atoms with Gasteiger partial charge in [-0.3, -0.25) is 9.59 Å². The summed E-state index contributed by atoms with van der Waals surface area (Å²) in [5.74, 6) is 0.826. The quantitative estimate of drug-likeness (QED) is 0.771. The van der Waals surface area contributed by atoms with Gasteiger partial charge in [-0.2, -0.15) is 0 Å². The first-order valence-corrected chi connectivity index (χ1v) is 8.31. The average molecular weight is 294 g/mol. The highest BCUT2D eigenvalue weighted by Crippen LogP contribution is 2.27. The summed E-state index contributed by atoms with van der Waals surface area (Å²) in [6.45, 7) is 6.01. The molecule has 5 heteroatoms. The highest BCUT2D eigenvalue weighted by atomic mass is 16.5. The molecule has 3 aliphatic heterocycles. The fourth-order valence-corrected chi connectivity index (χ4v) is 3.89. The van der Waals surface area contributed by atoms with E-state index in [2.05, 4.69) is 6.92 Å². The summed E-state index contributed by atoms with van der Waals surface area (Å²) in [5, 5.41) is 0. The monoisotopic (exact) mass is 294 g/mol. The van der Waals surface area contributed by atoms with Crippen molar-refractivity contribution in [3.8, 4) is 0 Å². The largest absolute Gasteiger partial charge is 0.381 e. The number of carbonyl (C=O) groups is 2. The summed E-state index contributed by atoms with van der Waals surface area (Å²) in [7, 11) is 0. The van der Waals surface area contributed by atoms with Crippen molar-refractivity contribution in [2.75, 3.05) is 32.8 Å². The van der Waals surface area contributed by atoms with E-state index in [9.17, 15) is 9.59 Å². The highest BCUT2D eigenvalue weighted by molar-refractivity contribution is 5.89. The molecule has 0 aromatic heterocycles. The van der Waals surface area contributed by atoms with E-state index >= 15 is 0 Å². The lowest BCUT2D eigenvalue weighted by atomic mass is 9.98. The number of likely N-dealkylation sites (tertiary alicyclic amines) is 2. The maximum Gasteiger partial charge on any atom is 0.228 e. The van der Waals surface area contributed by atoms with E-state index < -0.39 is 0 Å². The topological polar surface area (TPSA) is 49.9 Å². The normalized spacial score (nSPS) is 31.8. The van der Waals surface area contributed by atoms with Gasteiger partial charge in [0.15, 0.2) is 0 Å². The molecule has 0 N–H and O–H groups in total. The Bertz CT molecular complexity index is 406. The predicted octanol–water partition coefficient (Wildman–Crippen LogP) is 1.27. The van der Waals surface area contributed by atoms with Crippen molar-refractivity contribution in [2.24, 2.45) is 11.8 Å². The van der Waals surface area contributed by atoms with Crippen molar-refractivity contribution >= 4 is 11.8 Å². The lowest BCUT2D eigenvalue weighted by Crippen LogP contribution is -2.44. The summed E-state index contributed by atoms with van der Waals surface area (Å²) >= 11 is 0. The van der Waals surface area contributed by atoms with Gasteiger partial charge in [0.05, 0.1) is 5.92 Å². The second-order valence-electron chi connectivity index (χ2n) is 6.82. The molecule has 0 radical (unpaired) electrons. The molecule has 3 rings (SSSR count). The molecule has 3 aliphatic rings. The van der Waals surface area contributed by atoms with E-state index in [4.69, 9.17) is 4.74 Å². The molecule has 2 unspecified atom stereocenters. The van der Waals surface area contributed by atoms with Crippen LogP contribution in [-0.2, 0) is 14.3 Å². The summed E-state index contributed by atoms with van der Waals surface area (Å²) in [6, 6.07) is 0.282. The zero-order valence-corrected chi connectivity index (χ0v) is 12.9. The molecule has 2 amide bonds. The van der Waals surface area contributed by atoms with Gasteiger partial charge in [0.25, 0.3) is 0 Å². The van der Waals surface area contributed by atoms with Gasteiger partial charge < -0.3 is 14.5 Å². The molecular formula is C16H26N2O3. The van der Waals surface area contributed by atoms with Gasteiger partial charge in [-0.15, -0.1) is 0 Å². The number of piperidine rings is 1. The van der Waals surface area contributed by atoms with Gasteiger partial charge in [0.2, 0.25) is 11.8 Å². The Morgan fingerprint density at radius 2 is 1.95 bits per heavy atom. The number of hydrogen-bond acceptors (Lipinski definition) is 3. The Morgan fingerprint density at radius 1 is 1.19 bits per heavy atom. The number of carbonyl (C=O) groups excluding carboxylic acids is 2. The van der Waals surface area contributed by atoms with E-state index in [1.165, 1.54) is 6.42 Å². The van der Waals surface area contributed by atoms with Crippen LogP contribution in [0.25, 0.3) is 0 Å². The number of amides is 2. The first-order valence-electron chi connectivity index (χ1n) is 8.31. The molecular weight excluding hydrogens is 268 g/mol. The van der Waals surface area contributed by atoms with Crippen LogP contribution in [0.4, 0.5) is 0 Å². The van der Waals surface area contributed by atoms with Crippen molar-refractivity contribution in [3.05, 3.63) is 0 Å². The van der Waals surface area contributed by atoms with Gasteiger partial charge in [-0.05, 0) is 31.6 Å². The molecule has 0 aliphatic carbocycles. The van der Waals surface area contributed by atoms with Crippen molar-refractivity contribution < 1.29 is 14.3 Å². The third-order valence-electron chi connectivity index (χ3n) is 5.11. The maximum atomic E-state index is 12.6. The highest BCUT2D eigenvalue weighted by Gasteiger charge is 2.40. The van der Waals surface area contributed by atoms with Crippen molar-refractivity contribution in [1.82, 2.24) is 9.80 Å². The molecule has 118 valence electrons. The van der Waals surface area contributed by atoms with Crippen LogP contribution in [0.15, 0.2) is 0 Å². The van der Waals surface area contributed by atoms with E-state index in [1.807, 2.05) is 9.80 Å². The van der Waals surface area contributed by atoms with Gasteiger partial charge in [-0.1, -0.05) is 6.92 Å². The Balaban J connectivity index is 1.59. The molecule has 0 aromatic rings. The second-order valence-corrected chi connectivity index (χ2v) is 6.82. The van der Waals surface area contributed by atoms with Crippen molar-refractivity contribution in [3.63, 3.8) is 0 Å². The van der Waals surface area contributed by atoms with Crippen LogP contribution in [0.5, 0.6) is 0 Å². The van der Waals surface area contributed by atoms with E-state index in [-0.39, 0.29) is 23.8 Å². The van der Waals surface area contributed by atoms with Gasteiger partial charge in [0, 0.05) is 45.3 Å². The number of rotatable bonds is 2. The van der Waals surface area contributed by atoms with E-state index in [0.29, 0.717) is 18.9 Å². The van der Waals surface area contributed by atoms with Crippen LogP contribution in [0.1, 0.15) is 39.0 Å². The second kappa shape index (κ2) is 6.34. The molecule has 3 fully saturated rings. The summed E-state index contributed by atoms with van der Waals surface area (Å²) in [6.07, 6.45) is 4.53. The van der Waals surface area contributed by atoms with Crippen molar-refractivity contribution in [1.29, 1.82) is 0 Å². The SMILES string of the molecule is CC1CCCN(C(=O)C2CC(=O)N(C3CCOCC3)C2)C1. The van der Waals surface area contributed by atoms with Gasteiger partial charge >= 0.3 is 0 Å². The zero-order chi connectivity index (χ0) is 14.8. The minimum absolute atomic E-state index is 0.120. The number of hydrogen-bond donors (Lipinski definition) is 0.